The van der Waals surface area contributed by atoms with Gasteiger partial charge in [0.05, 0.1) is 0 Å². The molecule has 0 aliphatic carbocycles. The molecule has 0 unspecified atom stereocenters. The summed E-state index contributed by atoms with van der Waals surface area (Å²) >= 11 is 0. The van der Waals surface area contributed by atoms with E-state index in [9.17, 15) is 0 Å². The monoisotopic (exact) mass is 310 g/mol. The first-order chi connectivity index (χ1) is 10.9. The lowest BCUT2D eigenvalue weighted by molar-refractivity contribution is 0.573. The topological polar surface area (TPSA) is 38.0 Å². The van der Waals surface area contributed by atoms with E-state index in [-0.39, 0.29) is 0 Å². The van der Waals surface area contributed by atoms with Gasteiger partial charge in [0.15, 0.2) is 0 Å². The minimum atomic E-state index is 0.960. The van der Waals surface area contributed by atoms with Crippen molar-refractivity contribution in [3.05, 3.63) is 12.2 Å². The van der Waals surface area contributed by atoms with Gasteiger partial charge in [-0.3, -0.25) is 11.3 Å². The van der Waals surface area contributed by atoms with Crippen molar-refractivity contribution in [2.75, 3.05) is 6.54 Å². The van der Waals surface area contributed by atoms with Crippen molar-refractivity contribution < 1.29 is 0 Å². The minimum absolute atomic E-state index is 0.960. The molecule has 0 amide bonds. The Labute approximate surface area is 140 Å². The van der Waals surface area contributed by atoms with Crippen LogP contribution in [-0.2, 0) is 0 Å². The molecule has 0 aliphatic heterocycles. The molecule has 3 N–H and O–H groups in total. The number of hydrazine groups is 1. The molecule has 0 aromatic heterocycles. The molecular weight excluding hydrogens is 268 g/mol. The maximum Gasteiger partial charge on any atom is 0.00974 e. The Bertz CT molecular complexity index is 192. The van der Waals surface area contributed by atoms with Crippen LogP contribution in [0, 0.1) is 0 Å². The second-order valence-corrected chi connectivity index (χ2v) is 6.60. The van der Waals surface area contributed by atoms with Gasteiger partial charge in [0.25, 0.3) is 0 Å². The molecule has 0 aromatic carbocycles. The molecule has 0 rings (SSSR count). The maximum absolute atomic E-state index is 5.24. The normalized spacial score (nSPS) is 11.5. The summed E-state index contributed by atoms with van der Waals surface area (Å²) in [6.45, 7) is 3.25. The van der Waals surface area contributed by atoms with Gasteiger partial charge < -0.3 is 0 Å². The zero-order valence-corrected chi connectivity index (χ0v) is 15.3. The van der Waals surface area contributed by atoms with Crippen LogP contribution in [0.4, 0.5) is 0 Å². The average Bonchev–Trinajstić information content (AvgIpc) is 2.54. The number of nitrogens with two attached hydrogens (primary N) is 1. The van der Waals surface area contributed by atoms with Crippen molar-refractivity contribution in [1.82, 2.24) is 5.43 Å². The molecule has 0 spiro atoms. The van der Waals surface area contributed by atoms with Crippen LogP contribution in [0.3, 0.4) is 0 Å². The predicted molar refractivity (Wildman–Crippen MR) is 101 cm³/mol. The van der Waals surface area contributed by atoms with E-state index in [1.807, 2.05) is 0 Å². The van der Waals surface area contributed by atoms with Crippen LogP contribution in [0.15, 0.2) is 12.2 Å². The lowest BCUT2D eigenvalue weighted by Gasteiger charge is -2.01. The molecule has 0 saturated heterocycles. The third-order valence-corrected chi connectivity index (χ3v) is 4.33. The third kappa shape index (κ3) is 19.7. The van der Waals surface area contributed by atoms with E-state index in [1.54, 1.807) is 0 Å². The van der Waals surface area contributed by atoms with E-state index in [1.165, 1.54) is 103 Å². The minimum Gasteiger partial charge on any atom is -0.271 e. The van der Waals surface area contributed by atoms with E-state index < -0.39 is 0 Å². The van der Waals surface area contributed by atoms with Crippen molar-refractivity contribution in [2.24, 2.45) is 5.84 Å². The summed E-state index contributed by atoms with van der Waals surface area (Å²) in [7, 11) is 0. The molecule has 0 heterocycles. The zero-order chi connectivity index (χ0) is 16.1. The zero-order valence-electron chi connectivity index (χ0n) is 15.3. The fraction of sp³-hybridized carbons (Fsp3) is 0.900. The van der Waals surface area contributed by atoms with Crippen LogP contribution < -0.4 is 11.3 Å². The van der Waals surface area contributed by atoms with E-state index in [2.05, 4.69) is 24.5 Å². The van der Waals surface area contributed by atoms with E-state index in [4.69, 9.17) is 5.84 Å². The first kappa shape index (κ1) is 21.7. The van der Waals surface area contributed by atoms with Crippen LogP contribution in [0.2, 0.25) is 0 Å². The lowest BCUT2D eigenvalue weighted by atomic mass is 10.1. The molecule has 2 nitrogen and oxygen atoms in total. The fourth-order valence-corrected chi connectivity index (χ4v) is 2.83. The molecule has 22 heavy (non-hydrogen) atoms. The average molecular weight is 311 g/mol. The van der Waals surface area contributed by atoms with Crippen LogP contribution in [0.5, 0.6) is 0 Å². The van der Waals surface area contributed by atoms with Gasteiger partial charge >= 0.3 is 0 Å². The Hall–Kier alpha value is -0.340. The Morgan fingerprint density at radius 1 is 0.591 bits per heavy atom. The van der Waals surface area contributed by atoms with Gasteiger partial charge in [0.2, 0.25) is 0 Å². The van der Waals surface area contributed by atoms with E-state index in [0.29, 0.717) is 0 Å². The highest BCUT2D eigenvalue weighted by Gasteiger charge is 1.91. The Balaban J connectivity index is 3.03. The van der Waals surface area contributed by atoms with Gasteiger partial charge in [0, 0.05) is 6.54 Å². The molecular formula is C20H42N2. The highest BCUT2D eigenvalue weighted by Crippen LogP contribution is 2.10. The van der Waals surface area contributed by atoms with Gasteiger partial charge in [-0.1, -0.05) is 89.7 Å². The Kier molecular flexibility index (Phi) is 20.3. The summed E-state index contributed by atoms with van der Waals surface area (Å²) in [5.74, 6) is 5.24. The summed E-state index contributed by atoms with van der Waals surface area (Å²) in [6, 6.07) is 0. The standard InChI is InChI=1S/C20H42N2/c1-2-3-4-5-6-7-8-9-10-11-12-13-14-15-16-17-18-19-20-22-21/h11-12,22H,2-10,13-21H2,1H3/b12-11-. The van der Waals surface area contributed by atoms with Gasteiger partial charge in [-0.25, -0.2) is 0 Å². The summed E-state index contributed by atoms with van der Waals surface area (Å²) in [4.78, 5) is 0. The van der Waals surface area contributed by atoms with Crippen molar-refractivity contribution in [1.29, 1.82) is 0 Å². The molecule has 0 saturated carbocycles. The van der Waals surface area contributed by atoms with E-state index in [0.717, 1.165) is 6.54 Å². The molecule has 0 atom stereocenters. The Morgan fingerprint density at radius 2 is 1.00 bits per heavy atom. The summed E-state index contributed by atoms with van der Waals surface area (Å²) in [5, 5.41) is 0. The molecule has 0 bridgehead atoms. The first-order valence-corrected chi connectivity index (χ1v) is 10.00. The third-order valence-electron chi connectivity index (χ3n) is 4.33. The lowest BCUT2D eigenvalue weighted by Crippen LogP contribution is -2.22. The molecule has 0 fully saturated rings. The number of rotatable bonds is 18. The summed E-state index contributed by atoms with van der Waals surface area (Å²) < 4.78 is 0. The van der Waals surface area contributed by atoms with Crippen molar-refractivity contribution in [3.63, 3.8) is 0 Å². The maximum atomic E-state index is 5.24. The summed E-state index contributed by atoms with van der Waals surface area (Å²) in [5.41, 5.74) is 2.71. The van der Waals surface area contributed by atoms with E-state index >= 15 is 0 Å². The number of nitrogens with one attached hydrogen (secondary N) is 1. The summed E-state index contributed by atoms with van der Waals surface area (Å²) in [6.07, 6.45) is 26.8. The molecule has 0 radical (unpaired) electrons. The van der Waals surface area contributed by atoms with Crippen LogP contribution in [-0.4, -0.2) is 6.54 Å². The predicted octanol–water partition coefficient (Wildman–Crippen LogP) is 6.27. The van der Waals surface area contributed by atoms with Crippen molar-refractivity contribution in [3.8, 4) is 0 Å². The second kappa shape index (κ2) is 20.7. The highest BCUT2D eigenvalue weighted by molar-refractivity contribution is 4.81. The molecule has 0 aliphatic rings. The number of allylic oxidation sites excluding steroid dienone is 2. The highest BCUT2D eigenvalue weighted by atomic mass is 15.2. The largest absolute Gasteiger partial charge is 0.271 e. The molecule has 2 heteroatoms. The number of hydrogen-bond acceptors (Lipinski definition) is 2. The van der Waals surface area contributed by atoms with Crippen molar-refractivity contribution in [2.45, 2.75) is 110 Å². The number of hydrogen-bond donors (Lipinski definition) is 2. The van der Waals surface area contributed by atoms with Crippen LogP contribution in [0.1, 0.15) is 110 Å². The van der Waals surface area contributed by atoms with Gasteiger partial charge in [0.1, 0.15) is 0 Å². The fourth-order valence-electron chi connectivity index (χ4n) is 2.83. The smallest absolute Gasteiger partial charge is 0.00974 e. The number of unbranched alkanes of at least 4 members (excludes halogenated alkanes) is 14. The SMILES string of the molecule is CCCCCCCCCC/C=C\CCCCCCCCNN. The van der Waals surface area contributed by atoms with Gasteiger partial charge in [-0.05, 0) is 32.1 Å². The molecule has 0 aromatic rings. The van der Waals surface area contributed by atoms with Gasteiger partial charge in [-0.2, -0.15) is 0 Å². The van der Waals surface area contributed by atoms with Gasteiger partial charge in [-0.15, -0.1) is 0 Å². The quantitative estimate of drug-likeness (QED) is 0.135. The second-order valence-electron chi connectivity index (χ2n) is 6.60. The molecule has 132 valence electrons. The first-order valence-electron chi connectivity index (χ1n) is 10.00. The van der Waals surface area contributed by atoms with Crippen LogP contribution >= 0.6 is 0 Å². The van der Waals surface area contributed by atoms with Crippen LogP contribution in [0.25, 0.3) is 0 Å². The van der Waals surface area contributed by atoms with Crippen molar-refractivity contribution >= 4 is 0 Å². The Morgan fingerprint density at radius 3 is 1.45 bits per heavy atom.